The molecule has 5 nitrogen and oxygen atoms in total. The Hall–Kier alpha value is -2.43. The zero-order valence-corrected chi connectivity index (χ0v) is 12.0. The molecule has 21 heavy (non-hydrogen) atoms. The van der Waals surface area contributed by atoms with Gasteiger partial charge >= 0.3 is 5.97 Å². The minimum absolute atomic E-state index is 0.0406. The smallest absolute Gasteiger partial charge is 0.303 e. The maximum atomic E-state index is 12.0. The molecular formula is C16H18N2O3. The van der Waals surface area contributed by atoms with Crippen LogP contribution < -0.4 is 5.56 Å². The van der Waals surface area contributed by atoms with Gasteiger partial charge in [-0.05, 0) is 30.9 Å². The second-order valence-electron chi connectivity index (χ2n) is 4.98. The summed E-state index contributed by atoms with van der Waals surface area (Å²) in [6.45, 7) is 2.20. The van der Waals surface area contributed by atoms with E-state index in [2.05, 4.69) is 5.10 Å². The van der Waals surface area contributed by atoms with Crippen molar-refractivity contribution in [3.8, 4) is 0 Å². The van der Waals surface area contributed by atoms with Gasteiger partial charge in [0.2, 0.25) is 0 Å². The first-order valence-corrected chi connectivity index (χ1v) is 6.89. The summed E-state index contributed by atoms with van der Waals surface area (Å²) >= 11 is 0. The Labute approximate surface area is 122 Å². The van der Waals surface area contributed by atoms with Gasteiger partial charge in [-0.25, -0.2) is 4.68 Å². The van der Waals surface area contributed by atoms with Gasteiger partial charge in [0.1, 0.15) is 0 Å². The van der Waals surface area contributed by atoms with E-state index in [1.807, 2.05) is 37.3 Å². The fourth-order valence-electron chi connectivity index (χ4n) is 2.16. The van der Waals surface area contributed by atoms with Gasteiger partial charge < -0.3 is 5.11 Å². The molecule has 5 heteroatoms. The summed E-state index contributed by atoms with van der Waals surface area (Å²) in [7, 11) is 0. The van der Waals surface area contributed by atoms with Crippen molar-refractivity contribution in [2.75, 3.05) is 0 Å². The summed E-state index contributed by atoms with van der Waals surface area (Å²) in [6.07, 6.45) is 1.11. The highest BCUT2D eigenvalue weighted by Crippen LogP contribution is 2.10. The van der Waals surface area contributed by atoms with Crippen LogP contribution in [-0.2, 0) is 17.8 Å². The molecule has 0 saturated carbocycles. The third-order valence-corrected chi connectivity index (χ3v) is 3.29. The van der Waals surface area contributed by atoms with Gasteiger partial charge in [0, 0.05) is 19.0 Å². The molecule has 0 atom stereocenters. The molecule has 0 aliphatic carbocycles. The number of benzene rings is 1. The lowest BCUT2D eigenvalue weighted by atomic mass is 10.0. The monoisotopic (exact) mass is 286 g/mol. The van der Waals surface area contributed by atoms with Gasteiger partial charge in [-0.15, -0.1) is 0 Å². The van der Waals surface area contributed by atoms with Crippen LogP contribution in [0.4, 0.5) is 0 Å². The van der Waals surface area contributed by atoms with E-state index in [-0.39, 0.29) is 12.0 Å². The lowest BCUT2D eigenvalue weighted by Crippen LogP contribution is -2.24. The largest absolute Gasteiger partial charge is 0.481 e. The van der Waals surface area contributed by atoms with Crippen molar-refractivity contribution in [3.05, 3.63) is 63.6 Å². The summed E-state index contributed by atoms with van der Waals surface area (Å²) in [4.78, 5) is 22.5. The molecule has 0 spiro atoms. The lowest BCUT2D eigenvalue weighted by Gasteiger charge is -2.09. The number of hydrogen-bond acceptors (Lipinski definition) is 3. The van der Waals surface area contributed by atoms with E-state index in [1.165, 1.54) is 4.68 Å². The molecule has 2 rings (SSSR count). The molecule has 1 heterocycles. The third-order valence-electron chi connectivity index (χ3n) is 3.29. The van der Waals surface area contributed by atoms with Crippen molar-refractivity contribution in [1.29, 1.82) is 0 Å². The van der Waals surface area contributed by atoms with Crippen molar-refractivity contribution in [3.63, 3.8) is 0 Å². The van der Waals surface area contributed by atoms with Crippen molar-refractivity contribution in [2.24, 2.45) is 0 Å². The first kappa shape index (κ1) is 15.0. The fraction of sp³-hybridized carbons (Fsp3) is 0.312. The first-order chi connectivity index (χ1) is 10.1. The van der Waals surface area contributed by atoms with Gasteiger partial charge in [-0.2, -0.15) is 5.10 Å². The number of aryl methyl sites for hydroxylation is 2. The third kappa shape index (κ3) is 4.27. The van der Waals surface area contributed by atoms with Gasteiger partial charge in [-0.3, -0.25) is 9.59 Å². The molecule has 0 aliphatic heterocycles. The quantitative estimate of drug-likeness (QED) is 0.881. The van der Waals surface area contributed by atoms with E-state index in [0.717, 1.165) is 16.8 Å². The Morgan fingerprint density at radius 2 is 2.00 bits per heavy atom. The molecule has 0 amide bonds. The highest BCUT2D eigenvalue weighted by atomic mass is 16.4. The second-order valence-corrected chi connectivity index (χ2v) is 4.98. The number of carbonyl (C=O) groups is 1. The van der Waals surface area contributed by atoms with Gasteiger partial charge in [0.25, 0.3) is 5.56 Å². The molecule has 2 aromatic rings. The number of aliphatic carboxylic acids is 1. The van der Waals surface area contributed by atoms with Crippen LogP contribution in [0, 0.1) is 6.92 Å². The summed E-state index contributed by atoms with van der Waals surface area (Å²) in [5.74, 6) is -0.861. The van der Waals surface area contributed by atoms with E-state index in [0.29, 0.717) is 19.4 Å². The number of hydrogen-bond donors (Lipinski definition) is 1. The highest BCUT2D eigenvalue weighted by molar-refractivity contribution is 5.66. The molecule has 1 aromatic heterocycles. The maximum absolute atomic E-state index is 12.0. The van der Waals surface area contributed by atoms with Crippen LogP contribution in [0.25, 0.3) is 0 Å². The minimum atomic E-state index is -0.861. The minimum Gasteiger partial charge on any atom is -0.481 e. The molecule has 0 saturated heterocycles. The number of rotatable bonds is 6. The lowest BCUT2D eigenvalue weighted by molar-refractivity contribution is -0.137. The van der Waals surface area contributed by atoms with E-state index < -0.39 is 5.97 Å². The van der Waals surface area contributed by atoms with Crippen LogP contribution in [0.2, 0.25) is 0 Å². The molecule has 0 unspecified atom stereocenters. The van der Waals surface area contributed by atoms with Crippen LogP contribution >= 0.6 is 0 Å². The zero-order chi connectivity index (χ0) is 15.2. The normalized spacial score (nSPS) is 10.5. The van der Waals surface area contributed by atoms with E-state index >= 15 is 0 Å². The Bertz CT molecular complexity index is 678. The first-order valence-electron chi connectivity index (χ1n) is 6.89. The Morgan fingerprint density at radius 3 is 2.67 bits per heavy atom. The van der Waals surface area contributed by atoms with Crippen molar-refractivity contribution in [2.45, 2.75) is 32.7 Å². The Morgan fingerprint density at radius 1 is 1.29 bits per heavy atom. The molecular weight excluding hydrogens is 268 g/mol. The van der Waals surface area contributed by atoms with Crippen molar-refractivity contribution >= 4 is 5.97 Å². The Kier molecular flexibility index (Phi) is 4.87. The predicted octanol–water partition coefficient (Wildman–Crippen LogP) is 2.01. The molecule has 0 fully saturated rings. The summed E-state index contributed by atoms with van der Waals surface area (Å²) in [6, 6.07) is 11.5. The number of nitrogens with zero attached hydrogens (tertiary/aromatic N) is 2. The van der Waals surface area contributed by atoms with Gasteiger partial charge in [0.15, 0.2) is 0 Å². The van der Waals surface area contributed by atoms with Gasteiger partial charge in [0.05, 0.1) is 5.69 Å². The zero-order valence-electron chi connectivity index (χ0n) is 12.0. The molecule has 1 N–H and O–H groups in total. The predicted molar refractivity (Wildman–Crippen MR) is 79.4 cm³/mol. The highest BCUT2D eigenvalue weighted by Gasteiger charge is 2.07. The Balaban J connectivity index is 2.13. The fourth-order valence-corrected chi connectivity index (χ4v) is 2.16. The van der Waals surface area contributed by atoms with Crippen LogP contribution in [0.15, 0.2) is 41.2 Å². The summed E-state index contributed by atoms with van der Waals surface area (Å²) < 4.78 is 1.34. The van der Waals surface area contributed by atoms with E-state index in [1.54, 1.807) is 6.07 Å². The van der Waals surface area contributed by atoms with Crippen LogP contribution in [0.5, 0.6) is 0 Å². The van der Waals surface area contributed by atoms with Crippen molar-refractivity contribution < 1.29 is 9.90 Å². The molecule has 0 bridgehead atoms. The van der Waals surface area contributed by atoms with Crippen LogP contribution in [0.1, 0.15) is 29.7 Å². The second kappa shape index (κ2) is 6.83. The summed E-state index contributed by atoms with van der Waals surface area (Å²) in [5, 5.41) is 12.9. The number of carboxylic acids is 1. The topological polar surface area (TPSA) is 72.2 Å². The van der Waals surface area contributed by atoms with E-state index in [4.69, 9.17) is 5.11 Å². The molecule has 0 radical (unpaired) electrons. The average molecular weight is 286 g/mol. The average Bonchev–Trinajstić information content (AvgIpc) is 2.45. The van der Waals surface area contributed by atoms with Crippen LogP contribution in [0.3, 0.4) is 0 Å². The standard InChI is InChI=1S/C16H18N2O3/c1-12-14(10-13-6-3-2-4-7-13)11-15(19)18(17-12)9-5-8-16(20)21/h2-4,6-7,11H,5,8-10H2,1H3,(H,20,21). The number of aromatic nitrogens is 2. The van der Waals surface area contributed by atoms with E-state index in [9.17, 15) is 9.59 Å². The molecule has 110 valence electrons. The van der Waals surface area contributed by atoms with Crippen molar-refractivity contribution in [1.82, 2.24) is 9.78 Å². The van der Waals surface area contributed by atoms with Gasteiger partial charge in [-0.1, -0.05) is 30.3 Å². The van der Waals surface area contributed by atoms with Crippen LogP contribution in [-0.4, -0.2) is 20.9 Å². The molecule has 1 aromatic carbocycles. The maximum Gasteiger partial charge on any atom is 0.303 e. The molecule has 0 aliphatic rings. The summed E-state index contributed by atoms with van der Waals surface area (Å²) in [5.41, 5.74) is 2.65. The SMILES string of the molecule is Cc1nn(CCCC(=O)O)c(=O)cc1Cc1ccccc1. The number of carboxylic acid groups (broad SMARTS) is 1.